The molecule has 0 radical (unpaired) electrons. The summed E-state index contributed by atoms with van der Waals surface area (Å²) in [6.07, 6.45) is 2.06. The molecule has 1 aliphatic carbocycles. The minimum atomic E-state index is -4.11. The molecule has 0 unspecified atom stereocenters. The fourth-order valence-electron chi connectivity index (χ4n) is 1.72. The summed E-state index contributed by atoms with van der Waals surface area (Å²) in [5, 5.41) is 7.67. The largest absolute Gasteiger partial charge is 0.351 e. The van der Waals surface area contributed by atoms with Crippen LogP contribution in [-0.2, 0) is 10.0 Å². The normalized spacial score (nSPS) is 16.8. The van der Waals surface area contributed by atoms with E-state index in [1.807, 2.05) is 6.92 Å². The highest BCUT2D eigenvalue weighted by atomic mass is 79.9. The van der Waals surface area contributed by atoms with Crippen LogP contribution in [0.4, 0.5) is 4.39 Å². The number of rotatable bonds is 4. The minimum absolute atomic E-state index is 0.0279. The molecule has 2 rings (SSSR count). The van der Waals surface area contributed by atoms with Crippen molar-refractivity contribution in [2.45, 2.75) is 24.7 Å². The number of hydrogen-bond donors (Lipinski definition) is 2. The lowest BCUT2D eigenvalue weighted by Gasteiger charge is -2.12. The Labute approximate surface area is 124 Å². The van der Waals surface area contributed by atoms with Crippen LogP contribution in [0.3, 0.4) is 0 Å². The topological polar surface area (TPSA) is 89.3 Å². The number of carbonyl (C=O) groups excluding carboxylic acids is 1. The average Bonchev–Trinajstić information content (AvgIpc) is 3.06. The lowest BCUT2D eigenvalue weighted by atomic mass is 10.1. The van der Waals surface area contributed by atoms with E-state index < -0.39 is 26.6 Å². The van der Waals surface area contributed by atoms with Gasteiger partial charge < -0.3 is 5.32 Å². The van der Waals surface area contributed by atoms with E-state index >= 15 is 0 Å². The van der Waals surface area contributed by atoms with Gasteiger partial charge in [0.1, 0.15) is 5.82 Å². The first kappa shape index (κ1) is 15.4. The molecule has 0 aromatic heterocycles. The van der Waals surface area contributed by atoms with Gasteiger partial charge in [0.2, 0.25) is 10.0 Å². The van der Waals surface area contributed by atoms with Crippen molar-refractivity contribution in [3.05, 3.63) is 28.0 Å². The van der Waals surface area contributed by atoms with Crippen molar-refractivity contribution in [1.29, 1.82) is 0 Å². The standard InChI is InChI=1S/C12H14BrFN2O3S/c1-12(2-3-12)6-16-11(17)8-4-7(14)5-9(10(8)13)20(15,18)19/h4-5H,2-3,6H2,1H3,(H,16,17)(H2,15,18,19). The second-order valence-electron chi connectivity index (χ2n) is 5.30. The molecule has 0 aliphatic heterocycles. The van der Waals surface area contributed by atoms with Gasteiger partial charge in [-0.05, 0) is 46.3 Å². The summed E-state index contributed by atoms with van der Waals surface area (Å²) < 4.78 is 36.2. The smallest absolute Gasteiger partial charge is 0.252 e. The molecule has 0 heterocycles. The molecule has 0 saturated heterocycles. The van der Waals surface area contributed by atoms with Crippen LogP contribution in [0, 0.1) is 11.2 Å². The van der Waals surface area contributed by atoms with Gasteiger partial charge in [0.15, 0.2) is 0 Å². The van der Waals surface area contributed by atoms with Crippen molar-refractivity contribution in [3.8, 4) is 0 Å². The van der Waals surface area contributed by atoms with Gasteiger partial charge in [-0.25, -0.2) is 17.9 Å². The molecule has 20 heavy (non-hydrogen) atoms. The van der Waals surface area contributed by atoms with E-state index in [1.54, 1.807) is 0 Å². The van der Waals surface area contributed by atoms with E-state index in [2.05, 4.69) is 21.2 Å². The van der Waals surface area contributed by atoms with Crippen molar-refractivity contribution in [2.75, 3.05) is 6.54 Å². The molecule has 1 fully saturated rings. The predicted molar refractivity (Wildman–Crippen MR) is 75.1 cm³/mol. The van der Waals surface area contributed by atoms with Crippen LogP contribution in [0.1, 0.15) is 30.1 Å². The van der Waals surface area contributed by atoms with Gasteiger partial charge in [-0.1, -0.05) is 6.92 Å². The van der Waals surface area contributed by atoms with Crippen LogP contribution in [0.15, 0.2) is 21.5 Å². The van der Waals surface area contributed by atoms with E-state index in [1.165, 1.54) is 0 Å². The lowest BCUT2D eigenvalue weighted by molar-refractivity contribution is 0.0944. The predicted octanol–water partition coefficient (Wildman–Crippen LogP) is 1.77. The number of nitrogens with two attached hydrogens (primary N) is 1. The highest BCUT2D eigenvalue weighted by molar-refractivity contribution is 9.10. The van der Waals surface area contributed by atoms with E-state index in [4.69, 9.17) is 5.14 Å². The van der Waals surface area contributed by atoms with Gasteiger partial charge >= 0.3 is 0 Å². The van der Waals surface area contributed by atoms with Gasteiger partial charge in [-0.3, -0.25) is 4.79 Å². The summed E-state index contributed by atoms with van der Waals surface area (Å²) in [6, 6.07) is 1.75. The Morgan fingerprint density at radius 1 is 1.50 bits per heavy atom. The second-order valence-corrected chi connectivity index (χ2v) is 7.63. The van der Waals surface area contributed by atoms with Gasteiger partial charge in [0.05, 0.1) is 14.9 Å². The van der Waals surface area contributed by atoms with Gasteiger partial charge in [-0.15, -0.1) is 0 Å². The van der Waals surface area contributed by atoms with Crippen LogP contribution in [0.2, 0.25) is 0 Å². The maximum absolute atomic E-state index is 13.5. The number of primary sulfonamides is 1. The summed E-state index contributed by atoms with van der Waals surface area (Å²) in [4.78, 5) is 11.6. The number of nitrogens with one attached hydrogen (secondary N) is 1. The SMILES string of the molecule is CC1(CNC(=O)c2cc(F)cc(S(N)(=O)=O)c2Br)CC1. The zero-order valence-corrected chi connectivity index (χ0v) is 13.1. The first-order valence-electron chi connectivity index (χ1n) is 5.92. The van der Waals surface area contributed by atoms with Crippen molar-refractivity contribution in [2.24, 2.45) is 10.6 Å². The van der Waals surface area contributed by atoms with Crippen LogP contribution < -0.4 is 10.5 Å². The monoisotopic (exact) mass is 364 g/mol. The molecule has 3 N–H and O–H groups in total. The molecule has 1 aromatic rings. The first-order valence-corrected chi connectivity index (χ1v) is 8.26. The van der Waals surface area contributed by atoms with Crippen molar-refractivity contribution in [1.82, 2.24) is 5.32 Å². The van der Waals surface area contributed by atoms with E-state index in [-0.39, 0.29) is 15.5 Å². The summed E-state index contributed by atoms with van der Waals surface area (Å²) in [5.74, 6) is -1.37. The molecule has 0 atom stereocenters. The fourth-order valence-corrected chi connectivity index (χ4v) is 3.44. The maximum atomic E-state index is 13.5. The van der Waals surface area contributed by atoms with Crippen LogP contribution in [-0.4, -0.2) is 20.9 Å². The van der Waals surface area contributed by atoms with Gasteiger partial charge in [-0.2, -0.15) is 0 Å². The zero-order valence-electron chi connectivity index (χ0n) is 10.7. The Bertz CT molecular complexity index is 672. The molecule has 1 aliphatic rings. The highest BCUT2D eigenvalue weighted by Gasteiger charge is 2.37. The zero-order chi connectivity index (χ0) is 15.1. The number of hydrogen-bond acceptors (Lipinski definition) is 3. The van der Waals surface area contributed by atoms with Crippen LogP contribution in [0.25, 0.3) is 0 Å². The van der Waals surface area contributed by atoms with Crippen molar-refractivity contribution >= 4 is 31.9 Å². The highest BCUT2D eigenvalue weighted by Crippen LogP contribution is 2.44. The number of amides is 1. The summed E-state index contributed by atoms with van der Waals surface area (Å²) >= 11 is 3.00. The molecular weight excluding hydrogens is 351 g/mol. The molecule has 0 bridgehead atoms. The number of halogens is 2. The Balaban J connectivity index is 2.31. The van der Waals surface area contributed by atoms with Crippen molar-refractivity contribution < 1.29 is 17.6 Å². The average molecular weight is 365 g/mol. The number of carbonyl (C=O) groups is 1. The molecule has 5 nitrogen and oxygen atoms in total. The molecule has 0 spiro atoms. The third-order valence-corrected chi connectivity index (χ3v) is 5.39. The quantitative estimate of drug-likeness (QED) is 0.852. The van der Waals surface area contributed by atoms with Gasteiger partial charge in [0.25, 0.3) is 5.91 Å². The minimum Gasteiger partial charge on any atom is -0.351 e. The number of benzene rings is 1. The Morgan fingerprint density at radius 2 is 2.10 bits per heavy atom. The Hall–Kier alpha value is -0.990. The number of sulfonamides is 1. The second kappa shape index (κ2) is 5.09. The Kier molecular flexibility index (Phi) is 3.92. The van der Waals surface area contributed by atoms with Crippen LogP contribution >= 0.6 is 15.9 Å². The van der Waals surface area contributed by atoms with E-state index in [0.29, 0.717) is 6.54 Å². The maximum Gasteiger partial charge on any atom is 0.252 e. The summed E-state index contributed by atoms with van der Waals surface area (Å²) in [6.45, 7) is 2.50. The molecular formula is C12H14BrFN2O3S. The van der Waals surface area contributed by atoms with Gasteiger partial charge in [0, 0.05) is 6.54 Å². The van der Waals surface area contributed by atoms with Crippen molar-refractivity contribution in [3.63, 3.8) is 0 Å². The first-order chi connectivity index (χ1) is 9.12. The van der Waals surface area contributed by atoms with E-state index in [9.17, 15) is 17.6 Å². The van der Waals surface area contributed by atoms with E-state index in [0.717, 1.165) is 25.0 Å². The molecule has 1 amide bonds. The third-order valence-electron chi connectivity index (χ3n) is 3.33. The fraction of sp³-hybridized carbons (Fsp3) is 0.417. The Morgan fingerprint density at radius 3 is 2.60 bits per heavy atom. The molecule has 8 heteroatoms. The third kappa shape index (κ3) is 3.36. The summed E-state index contributed by atoms with van der Waals surface area (Å²) in [7, 11) is -4.11. The molecule has 1 aromatic carbocycles. The molecule has 1 saturated carbocycles. The summed E-state index contributed by atoms with van der Waals surface area (Å²) in [5.41, 5.74) is 0.0105. The van der Waals surface area contributed by atoms with Crippen LogP contribution in [0.5, 0.6) is 0 Å². The molecule has 110 valence electrons. The lowest BCUT2D eigenvalue weighted by Crippen LogP contribution is -2.29.